The van der Waals surface area contributed by atoms with Crippen molar-refractivity contribution in [3.8, 4) is 44.6 Å². The summed E-state index contributed by atoms with van der Waals surface area (Å²) in [5.41, 5.74) is 19.5. The second-order valence-corrected chi connectivity index (χ2v) is 14.3. The van der Waals surface area contributed by atoms with Crippen molar-refractivity contribution in [3.05, 3.63) is 155 Å². The molecular formula is C47H38N2. The molecule has 1 aliphatic rings. The Hall–Kier alpha value is -5.60. The molecule has 0 atom stereocenters. The van der Waals surface area contributed by atoms with E-state index >= 15 is 0 Å². The van der Waals surface area contributed by atoms with Gasteiger partial charge >= 0.3 is 0 Å². The van der Waals surface area contributed by atoms with Crippen LogP contribution in [0, 0.1) is 27.7 Å². The molecule has 8 aromatic rings. The Morgan fingerprint density at radius 2 is 1.04 bits per heavy atom. The van der Waals surface area contributed by atoms with Crippen LogP contribution in [0.4, 0.5) is 0 Å². The maximum absolute atomic E-state index is 5.39. The van der Waals surface area contributed by atoms with Gasteiger partial charge in [0.05, 0.1) is 16.7 Å². The van der Waals surface area contributed by atoms with Gasteiger partial charge in [0.25, 0.3) is 0 Å². The van der Waals surface area contributed by atoms with Gasteiger partial charge in [-0.25, -0.2) is 4.98 Å². The Morgan fingerprint density at radius 1 is 0.449 bits per heavy atom. The lowest BCUT2D eigenvalue weighted by Gasteiger charge is -2.22. The van der Waals surface area contributed by atoms with Crippen LogP contribution in [0.5, 0.6) is 0 Å². The molecule has 49 heavy (non-hydrogen) atoms. The number of hydrogen-bond donors (Lipinski definition) is 0. The van der Waals surface area contributed by atoms with E-state index in [1.165, 1.54) is 88.3 Å². The van der Waals surface area contributed by atoms with Gasteiger partial charge in [-0.3, -0.25) is 4.98 Å². The largest absolute Gasteiger partial charge is 0.254 e. The predicted molar refractivity (Wildman–Crippen MR) is 207 cm³/mol. The molecule has 0 amide bonds. The molecule has 2 heteroatoms. The SMILES string of the molecule is Cc1cnc2c(ccc3c(C)c(C)c(-c4ccc(-c5ccc(-c6ccc7c(c6)C(C)(C)c6ccccc6-7)cc5)c5ccccc45)nc32)c1C. The van der Waals surface area contributed by atoms with Crippen molar-refractivity contribution in [1.29, 1.82) is 0 Å². The number of fused-ring (bicyclic) bond motifs is 7. The van der Waals surface area contributed by atoms with Crippen molar-refractivity contribution in [2.45, 2.75) is 47.0 Å². The molecule has 2 heterocycles. The van der Waals surface area contributed by atoms with Crippen LogP contribution < -0.4 is 0 Å². The van der Waals surface area contributed by atoms with E-state index in [0.717, 1.165) is 22.3 Å². The molecule has 9 rings (SSSR count). The van der Waals surface area contributed by atoms with Gasteiger partial charge in [-0.05, 0) is 111 Å². The van der Waals surface area contributed by atoms with E-state index in [-0.39, 0.29) is 5.41 Å². The van der Waals surface area contributed by atoms with E-state index in [0.29, 0.717) is 0 Å². The summed E-state index contributed by atoms with van der Waals surface area (Å²) >= 11 is 0. The lowest BCUT2D eigenvalue weighted by molar-refractivity contribution is 0.660. The predicted octanol–water partition coefficient (Wildman–Crippen LogP) is 12.5. The second-order valence-electron chi connectivity index (χ2n) is 14.3. The highest BCUT2D eigenvalue weighted by molar-refractivity contribution is 6.09. The third kappa shape index (κ3) is 4.33. The number of aromatic nitrogens is 2. The number of nitrogens with zero attached hydrogens (tertiary/aromatic N) is 2. The molecular weight excluding hydrogens is 593 g/mol. The van der Waals surface area contributed by atoms with Crippen LogP contribution in [0.2, 0.25) is 0 Å². The minimum absolute atomic E-state index is 0.0130. The lowest BCUT2D eigenvalue weighted by Crippen LogP contribution is -2.14. The number of aryl methyl sites for hydroxylation is 3. The average Bonchev–Trinajstić information content (AvgIpc) is 3.36. The van der Waals surface area contributed by atoms with Crippen LogP contribution >= 0.6 is 0 Å². The fraction of sp³-hybridized carbons (Fsp3) is 0.149. The Balaban J connectivity index is 1.14. The van der Waals surface area contributed by atoms with E-state index < -0.39 is 0 Å². The molecule has 0 saturated carbocycles. The Kier molecular flexibility index (Phi) is 6.45. The van der Waals surface area contributed by atoms with Gasteiger partial charge in [0.15, 0.2) is 0 Å². The molecule has 2 nitrogen and oxygen atoms in total. The molecule has 0 unspecified atom stereocenters. The first-order valence-electron chi connectivity index (χ1n) is 17.3. The number of rotatable bonds is 3. The molecule has 0 N–H and O–H groups in total. The molecule has 6 aromatic carbocycles. The van der Waals surface area contributed by atoms with Gasteiger partial charge in [0.2, 0.25) is 0 Å². The van der Waals surface area contributed by atoms with E-state index in [1.54, 1.807) is 0 Å². The van der Waals surface area contributed by atoms with Gasteiger partial charge in [-0.1, -0.05) is 123 Å². The van der Waals surface area contributed by atoms with Gasteiger partial charge < -0.3 is 0 Å². The molecule has 0 fully saturated rings. The summed E-state index contributed by atoms with van der Waals surface area (Å²) in [6.07, 6.45) is 1.98. The van der Waals surface area contributed by atoms with Gasteiger partial charge in [0.1, 0.15) is 0 Å². The minimum Gasteiger partial charge on any atom is -0.254 e. The number of benzene rings is 6. The number of pyridine rings is 2. The van der Waals surface area contributed by atoms with Crippen LogP contribution in [-0.2, 0) is 5.41 Å². The van der Waals surface area contributed by atoms with Gasteiger partial charge in [-0.2, -0.15) is 0 Å². The zero-order valence-corrected chi connectivity index (χ0v) is 28.9. The van der Waals surface area contributed by atoms with Crippen molar-refractivity contribution < 1.29 is 0 Å². The molecule has 236 valence electrons. The Labute approximate surface area is 288 Å². The van der Waals surface area contributed by atoms with Crippen LogP contribution in [0.25, 0.3) is 77.2 Å². The highest BCUT2D eigenvalue weighted by atomic mass is 14.8. The monoisotopic (exact) mass is 630 g/mol. The third-order valence-corrected chi connectivity index (χ3v) is 11.4. The van der Waals surface area contributed by atoms with Crippen LogP contribution in [0.1, 0.15) is 47.2 Å². The van der Waals surface area contributed by atoms with Crippen LogP contribution in [0.3, 0.4) is 0 Å². The third-order valence-electron chi connectivity index (χ3n) is 11.4. The van der Waals surface area contributed by atoms with Crippen LogP contribution in [-0.4, -0.2) is 9.97 Å². The van der Waals surface area contributed by atoms with Crippen molar-refractivity contribution in [2.75, 3.05) is 0 Å². The van der Waals surface area contributed by atoms with Crippen molar-refractivity contribution in [2.24, 2.45) is 0 Å². The average molecular weight is 631 g/mol. The second kappa shape index (κ2) is 10.7. The smallest absolute Gasteiger partial charge is 0.0975 e. The number of hydrogen-bond acceptors (Lipinski definition) is 2. The molecule has 0 aliphatic heterocycles. The molecule has 2 aromatic heterocycles. The molecule has 0 radical (unpaired) electrons. The van der Waals surface area contributed by atoms with Crippen LogP contribution in [0.15, 0.2) is 121 Å². The topological polar surface area (TPSA) is 25.8 Å². The minimum atomic E-state index is -0.0130. The normalized spacial score (nSPS) is 13.3. The van der Waals surface area contributed by atoms with Crippen molar-refractivity contribution in [1.82, 2.24) is 9.97 Å². The zero-order valence-electron chi connectivity index (χ0n) is 28.9. The first-order valence-corrected chi connectivity index (χ1v) is 17.3. The summed E-state index contributed by atoms with van der Waals surface area (Å²) in [7, 11) is 0. The first-order chi connectivity index (χ1) is 23.7. The quantitative estimate of drug-likeness (QED) is 0.182. The maximum Gasteiger partial charge on any atom is 0.0975 e. The lowest BCUT2D eigenvalue weighted by atomic mass is 9.81. The van der Waals surface area contributed by atoms with E-state index in [4.69, 9.17) is 9.97 Å². The van der Waals surface area contributed by atoms with E-state index in [9.17, 15) is 0 Å². The van der Waals surface area contributed by atoms with Crippen molar-refractivity contribution >= 4 is 32.6 Å². The molecule has 1 aliphatic carbocycles. The highest BCUT2D eigenvalue weighted by Gasteiger charge is 2.35. The summed E-state index contributed by atoms with van der Waals surface area (Å²) < 4.78 is 0. The molecule has 0 spiro atoms. The fourth-order valence-electron chi connectivity index (χ4n) is 8.22. The van der Waals surface area contributed by atoms with Crippen molar-refractivity contribution in [3.63, 3.8) is 0 Å². The molecule has 0 bridgehead atoms. The Morgan fingerprint density at radius 3 is 1.82 bits per heavy atom. The fourth-order valence-corrected chi connectivity index (χ4v) is 8.22. The standard InChI is InChI=1S/C47H38N2/c1-27-26-48-45-34(28(27)2)21-22-35-29(3)30(4)44(49-46(35)45)41-24-23-36(37-11-7-8-12-38(37)41)32-17-15-31(16-18-32)33-19-20-40-39-13-9-10-14-42(39)47(5,6)43(40)25-33/h7-26H,1-6H3. The van der Waals surface area contributed by atoms with E-state index in [2.05, 4.69) is 157 Å². The summed E-state index contributed by atoms with van der Waals surface area (Å²) in [6.45, 7) is 13.4. The molecule has 0 saturated heterocycles. The Bertz CT molecular complexity index is 2660. The van der Waals surface area contributed by atoms with Gasteiger partial charge in [0, 0.05) is 27.9 Å². The zero-order chi connectivity index (χ0) is 33.6. The first kappa shape index (κ1) is 29.5. The van der Waals surface area contributed by atoms with Gasteiger partial charge in [-0.15, -0.1) is 0 Å². The highest BCUT2D eigenvalue weighted by Crippen LogP contribution is 2.49. The summed E-state index contributed by atoms with van der Waals surface area (Å²) in [4.78, 5) is 10.3. The summed E-state index contributed by atoms with van der Waals surface area (Å²) in [5.74, 6) is 0. The van der Waals surface area contributed by atoms with E-state index in [1.807, 2.05) is 6.20 Å². The maximum atomic E-state index is 5.39. The summed E-state index contributed by atoms with van der Waals surface area (Å²) in [5, 5.41) is 4.78. The summed E-state index contributed by atoms with van der Waals surface area (Å²) in [6, 6.07) is 42.6.